The Kier molecular flexibility index (Phi) is 4.89. The van der Waals surface area contributed by atoms with Crippen LogP contribution in [0.15, 0.2) is 28.7 Å². The number of rotatable bonds is 4. The van der Waals surface area contributed by atoms with E-state index < -0.39 is 0 Å². The maximum absolute atomic E-state index is 6.54. The monoisotopic (exact) mass is 316 g/mol. The molecule has 1 aromatic carbocycles. The molecule has 17 heavy (non-hydrogen) atoms. The third kappa shape index (κ3) is 3.46. The van der Waals surface area contributed by atoms with Crippen LogP contribution in [-0.2, 0) is 11.2 Å². The van der Waals surface area contributed by atoms with Crippen molar-refractivity contribution >= 4 is 27.5 Å². The van der Waals surface area contributed by atoms with Gasteiger partial charge in [0.2, 0.25) is 0 Å². The summed E-state index contributed by atoms with van der Waals surface area (Å²) in [6.45, 7) is 3.04. The van der Waals surface area contributed by atoms with Gasteiger partial charge in [-0.2, -0.15) is 0 Å². The number of benzene rings is 1. The maximum Gasteiger partial charge on any atom is 0.0615 e. The normalized spacial score (nSPS) is 26.1. The molecule has 3 unspecified atom stereocenters. The molecule has 0 saturated carbocycles. The van der Waals surface area contributed by atoms with Gasteiger partial charge >= 0.3 is 0 Å². The maximum atomic E-state index is 6.54. The van der Waals surface area contributed by atoms with Crippen molar-refractivity contribution in [2.24, 2.45) is 5.92 Å². The molecule has 0 N–H and O–H groups in total. The largest absolute Gasteiger partial charge is 0.378 e. The van der Waals surface area contributed by atoms with Crippen LogP contribution in [0.3, 0.4) is 0 Å². The van der Waals surface area contributed by atoms with Gasteiger partial charge in [0.25, 0.3) is 0 Å². The molecule has 0 aliphatic carbocycles. The Morgan fingerprint density at radius 3 is 2.76 bits per heavy atom. The molecule has 0 bridgehead atoms. The van der Waals surface area contributed by atoms with Crippen molar-refractivity contribution in [3.05, 3.63) is 34.3 Å². The molecule has 1 nitrogen and oxygen atoms in total. The highest BCUT2D eigenvalue weighted by Crippen LogP contribution is 2.31. The van der Waals surface area contributed by atoms with E-state index in [1.165, 1.54) is 5.56 Å². The average molecular weight is 318 g/mol. The van der Waals surface area contributed by atoms with Crippen molar-refractivity contribution < 1.29 is 4.74 Å². The van der Waals surface area contributed by atoms with E-state index in [-0.39, 0.29) is 5.38 Å². The number of ether oxygens (including phenoxy) is 1. The predicted octanol–water partition coefficient (Wildman–Crippen LogP) is 4.41. The van der Waals surface area contributed by atoms with Crippen LogP contribution in [0.25, 0.3) is 0 Å². The molecule has 1 saturated heterocycles. The van der Waals surface area contributed by atoms with Gasteiger partial charge in [-0.25, -0.2) is 0 Å². The van der Waals surface area contributed by atoms with Gasteiger partial charge in [0.15, 0.2) is 0 Å². The highest BCUT2D eigenvalue weighted by atomic mass is 79.9. The quantitative estimate of drug-likeness (QED) is 0.747. The summed E-state index contributed by atoms with van der Waals surface area (Å²) in [6.07, 6.45) is 3.45. The highest BCUT2D eigenvalue weighted by molar-refractivity contribution is 9.10. The van der Waals surface area contributed by atoms with Gasteiger partial charge < -0.3 is 4.74 Å². The topological polar surface area (TPSA) is 9.23 Å². The first kappa shape index (κ1) is 13.4. The van der Waals surface area contributed by atoms with Crippen molar-refractivity contribution in [1.29, 1.82) is 0 Å². The summed E-state index contributed by atoms with van der Waals surface area (Å²) in [5.74, 6) is 0.505. The van der Waals surface area contributed by atoms with E-state index in [1.54, 1.807) is 0 Å². The summed E-state index contributed by atoms with van der Waals surface area (Å²) in [6, 6.07) is 8.41. The summed E-state index contributed by atoms with van der Waals surface area (Å²) in [7, 11) is 0. The lowest BCUT2D eigenvalue weighted by molar-refractivity contribution is 0.0865. The van der Waals surface area contributed by atoms with Gasteiger partial charge in [-0.3, -0.25) is 0 Å². The van der Waals surface area contributed by atoms with Gasteiger partial charge in [0.1, 0.15) is 0 Å². The lowest BCUT2D eigenvalue weighted by atomic mass is 9.92. The molecule has 0 aromatic heterocycles. The van der Waals surface area contributed by atoms with Crippen LogP contribution in [-0.4, -0.2) is 18.1 Å². The molecule has 1 fully saturated rings. The van der Waals surface area contributed by atoms with Crippen molar-refractivity contribution in [2.45, 2.75) is 37.7 Å². The molecule has 0 radical (unpaired) electrons. The summed E-state index contributed by atoms with van der Waals surface area (Å²) in [5.41, 5.74) is 1.30. The standard InChI is InChI=1S/C14H18BrClO/c1-2-14-12(7-8-17-14)13(16)9-10-3-5-11(15)6-4-10/h3-6,12-14H,2,7-9H2,1H3. The summed E-state index contributed by atoms with van der Waals surface area (Å²) >= 11 is 9.99. The minimum Gasteiger partial charge on any atom is -0.378 e. The van der Waals surface area contributed by atoms with Crippen LogP contribution in [0.2, 0.25) is 0 Å². The molecular formula is C14H18BrClO. The van der Waals surface area contributed by atoms with Gasteiger partial charge in [-0.1, -0.05) is 35.0 Å². The van der Waals surface area contributed by atoms with Crippen LogP contribution in [0.4, 0.5) is 0 Å². The van der Waals surface area contributed by atoms with Crippen molar-refractivity contribution in [2.75, 3.05) is 6.61 Å². The second-order valence-electron chi connectivity index (χ2n) is 4.62. The lowest BCUT2D eigenvalue weighted by Gasteiger charge is -2.22. The molecule has 0 amide bonds. The first-order chi connectivity index (χ1) is 8.20. The Morgan fingerprint density at radius 1 is 1.41 bits per heavy atom. The summed E-state index contributed by atoms with van der Waals surface area (Å²) in [4.78, 5) is 0. The van der Waals surface area contributed by atoms with E-state index >= 15 is 0 Å². The number of halogens is 2. The zero-order chi connectivity index (χ0) is 12.3. The third-order valence-electron chi connectivity index (χ3n) is 3.47. The molecule has 2 rings (SSSR count). The van der Waals surface area contributed by atoms with Crippen LogP contribution in [0, 0.1) is 5.92 Å². The molecule has 3 atom stereocenters. The van der Waals surface area contributed by atoms with Crippen molar-refractivity contribution in [3.8, 4) is 0 Å². The van der Waals surface area contributed by atoms with E-state index in [0.29, 0.717) is 12.0 Å². The molecule has 1 heterocycles. The minimum absolute atomic E-state index is 0.184. The van der Waals surface area contributed by atoms with Crippen LogP contribution in [0.5, 0.6) is 0 Å². The average Bonchev–Trinajstić information content (AvgIpc) is 2.80. The molecule has 1 aliphatic heterocycles. The van der Waals surface area contributed by atoms with E-state index in [4.69, 9.17) is 16.3 Å². The molecule has 0 spiro atoms. The molecule has 3 heteroatoms. The summed E-state index contributed by atoms with van der Waals surface area (Å²) < 4.78 is 6.81. The van der Waals surface area contributed by atoms with Gasteiger partial charge in [-0.15, -0.1) is 11.6 Å². The highest BCUT2D eigenvalue weighted by Gasteiger charge is 2.32. The van der Waals surface area contributed by atoms with Gasteiger partial charge in [-0.05, 0) is 37.0 Å². The molecule has 1 aromatic rings. The third-order valence-corrected chi connectivity index (χ3v) is 4.48. The number of hydrogen-bond donors (Lipinski definition) is 0. The van der Waals surface area contributed by atoms with Gasteiger partial charge in [0.05, 0.1) is 6.10 Å². The number of hydrogen-bond acceptors (Lipinski definition) is 1. The zero-order valence-electron chi connectivity index (χ0n) is 10.0. The smallest absolute Gasteiger partial charge is 0.0615 e. The Bertz CT molecular complexity index is 352. The van der Waals surface area contributed by atoms with E-state index in [9.17, 15) is 0 Å². The fourth-order valence-electron chi connectivity index (χ4n) is 2.50. The van der Waals surface area contributed by atoms with Crippen LogP contribution in [0.1, 0.15) is 25.3 Å². The van der Waals surface area contributed by atoms with E-state index in [1.807, 2.05) is 0 Å². The SMILES string of the molecule is CCC1OCCC1C(Cl)Cc1ccc(Br)cc1. The first-order valence-corrected chi connectivity index (χ1v) is 7.43. The van der Waals surface area contributed by atoms with Crippen LogP contribution >= 0.6 is 27.5 Å². The molecule has 1 aliphatic rings. The number of alkyl halides is 1. The molecule has 94 valence electrons. The van der Waals surface area contributed by atoms with Crippen molar-refractivity contribution in [3.63, 3.8) is 0 Å². The Morgan fingerprint density at radius 2 is 2.12 bits per heavy atom. The minimum atomic E-state index is 0.184. The van der Waals surface area contributed by atoms with Crippen LogP contribution < -0.4 is 0 Å². The lowest BCUT2D eigenvalue weighted by Crippen LogP contribution is -2.25. The Balaban J connectivity index is 1.96. The summed E-state index contributed by atoms with van der Waals surface area (Å²) in [5, 5.41) is 0.184. The second kappa shape index (κ2) is 6.21. The second-order valence-corrected chi connectivity index (χ2v) is 6.09. The fraction of sp³-hybridized carbons (Fsp3) is 0.571. The Hall–Kier alpha value is -0.0500. The van der Waals surface area contributed by atoms with Gasteiger partial charge in [0, 0.05) is 22.4 Å². The molecular weight excluding hydrogens is 300 g/mol. The van der Waals surface area contributed by atoms with E-state index in [2.05, 4.69) is 47.1 Å². The first-order valence-electron chi connectivity index (χ1n) is 6.21. The zero-order valence-corrected chi connectivity index (χ0v) is 12.4. The van der Waals surface area contributed by atoms with Crippen molar-refractivity contribution in [1.82, 2.24) is 0 Å². The fourth-order valence-corrected chi connectivity index (χ4v) is 3.23. The Labute approximate surface area is 117 Å². The predicted molar refractivity (Wildman–Crippen MR) is 75.6 cm³/mol. The van der Waals surface area contributed by atoms with E-state index in [0.717, 1.165) is 30.3 Å².